The van der Waals surface area contributed by atoms with Crippen molar-refractivity contribution in [3.63, 3.8) is 0 Å². The van der Waals surface area contributed by atoms with E-state index in [1.165, 1.54) is 12.3 Å². The second kappa shape index (κ2) is 6.18. The molecule has 98 valence electrons. The largest absolute Gasteiger partial charge is 0.381 e. The second-order valence-electron chi connectivity index (χ2n) is 3.45. The summed E-state index contributed by atoms with van der Waals surface area (Å²) in [4.78, 5) is 22.3. The molecule has 1 aromatic heterocycles. The molecule has 0 aliphatic carbocycles. The Labute approximate surface area is 108 Å². The fourth-order valence-electron chi connectivity index (χ4n) is 1.15. The first-order valence-electron chi connectivity index (χ1n) is 5.05. The number of aliphatic hydroxyl groups excluding tert-OH is 1. The number of carbonyl (C=O) groups excluding carboxylic acids is 1. The van der Waals surface area contributed by atoms with Gasteiger partial charge in [0, 0.05) is 6.54 Å². The Morgan fingerprint density at radius 3 is 3.00 bits per heavy atom. The summed E-state index contributed by atoms with van der Waals surface area (Å²) < 4.78 is 1.13. The molecule has 0 aromatic carbocycles. The topological polar surface area (TPSA) is 110 Å². The van der Waals surface area contributed by atoms with Crippen LogP contribution in [0.15, 0.2) is 23.6 Å². The van der Waals surface area contributed by atoms with Gasteiger partial charge < -0.3 is 16.2 Å². The highest BCUT2D eigenvalue weighted by molar-refractivity contribution is 6.32. The Hall–Kier alpha value is -1.86. The minimum Gasteiger partial charge on any atom is -0.381 e. The molecular formula is C10H13ClN4O3. The molecule has 0 aliphatic heterocycles. The van der Waals surface area contributed by atoms with Gasteiger partial charge in [0.05, 0.1) is 18.4 Å². The Morgan fingerprint density at radius 1 is 1.78 bits per heavy atom. The number of primary amides is 1. The molecule has 7 nitrogen and oxygen atoms in total. The number of aromatic nitrogens is 2. The molecule has 4 N–H and O–H groups in total. The van der Waals surface area contributed by atoms with Crippen LogP contribution in [0.1, 0.15) is 0 Å². The van der Waals surface area contributed by atoms with Gasteiger partial charge in [-0.2, -0.15) is 5.10 Å². The lowest BCUT2D eigenvalue weighted by molar-refractivity contribution is -0.125. The lowest BCUT2D eigenvalue weighted by Gasteiger charge is -2.11. The van der Waals surface area contributed by atoms with E-state index in [0.29, 0.717) is 0 Å². The summed E-state index contributed by atoms with van der Waals surface area (Å²) in [6.07, 6.45) is 1.46. The van der Waals surface area contributed by atoms with Gasteiger partial charge in [0.1, 0.15) is 11.1 Å². The molecule has 0 saturated heterocycles. The maximum atomic E-state index is 11.7. The SMILES string of the molecule is C=CCn1ncc(NCC(O)C(N)=O)c(Cl)c1=O. The zero-order valence-corrected chi connectivity index (χ0v) is 10.2. The summed E-state index contributed by atoms with van der Waals surface area (Å²) in [5.41, 5.74) is 4.61. The predicted octanol–water partition coefficient (Wildman–Crippen LogP) is -0.659. The van der Waals surface area contributed by atoms with Crippen molar-refractivity contribution in [3.8, 4) is 0 Å². The summed E-state index contributed by atoms with van der Waals surface area (Å²) in [6, 6.07) is 0. The van der Waals surface area contributed by atoms with Crippen molar-refractivity contribution >= 4 is 23.2 Å². The van der Waals surface area contributed by atoms with Crippen molar-refractivity contribution in [1.29, 1.82) is 0 Å². The normalized spacial score (nSPS) is 11.9. The van der Waals surface area contributed by atoms with Crippen LogP contribution < -0.4 is 16.6 Å². The quantitative estimate of drug-likeness (QED) is 0.596. The van der Waals surface area contributed by atoms with Gasteiger partial charge in [-0.3, -0.25) is 9.59 Å². The maximum Gasteiger partial charge on any atom is 0.287 e. The number of amides is 1. The standard InChI is InChI=1S/C10H13ClN4O3/c1-2-3-15-10(18)8(11)6(4-14-15)13-5-7(16)9(12)17/h2,4,7,13,16H,1,3,5H2,(H2,12,17). The van der Waals surface area contributed by atoms with Gasteiger partial charge in [-0.15, -0.1) is 6.58 Å². The third-order valence-corrected chi connectivity index (χ3v) is 2.47. The van der Waals surface area contributed by atoms with Gasteiger partial charge in [-0.05, 0) is 0 Å². The van der Waals surface area contributed by atoms with Crippen LogP contribution in [0.5, 0.6) is 0 Å². The number of nitrogens with zero attached hydrogens (tertiary/aromatic N) is 2. The maximum absolute atomic E-state index is 11.7. The van der Waals surface area contributed by atoms with E-state index in [0.717, 1.165) is 4.68 Å². The van der Waals surface area contributed by atoms with Crippen molar-refractivity contribution in [2.45, 2.75) is 12.6 Å². The lowest BCUT2D eigenvalue weighted by atomic mass is 10.3. The molecule has 1 amide bonds. The van der Waals surface area contributed by atoms with Crippen molar-refractivity contribution < 1.29 is 9.90 Å². The minimum atomic E-state index is -1.36. The first-order valence-corrected chi connectivity index (χ1v) is 5.43. The minimum absolute atomic E-state index is 0.0801. The molecule has 1 unspecified atom stereocenters. The average Bonchev–Trinajstić information content (AvgIpc) is 2.33. The van der Waals surface area contributed by atoms with E-state index in [1.54, 1.807) is 0 Å². The Bertz CT molecular complexity index is 514. The van der Waals surface area contributed by atoms with Gasteiger partial charge in [-0.25, -0.2) is 4.68 Å². The number of hydrogen-bond acceptors (Lipinski definition) is 5. The fourth-order valence-corrected chi connectivity index (χ4v) is 1.36. The number of anilines is 1. The van der Waals surface area contributed by atoms with Crippen molar-refractivity contribution in [3.05, 3.63) is 34.2 Å². The monoisotopic (exact) mass is 272 g/mol. The molecule has 0 bridgehead atoms. The van der Waals surface area contributed by atoms with Gasteiger partial charge in [0.2, 0.25) is 5.91 Å². The van der Waals surface area contributed by atoms with Crippen LogP contribution in [0.4, 0.5) is 5.69 Å². The van der Waals surface area contributed by atoms with Crippen LogP contribution in [0, 0.1) is 0 Å². The molecule has 1 atom stereocenters. The first-order chi connectivity index (χ1) is 8.47. The number of aliphatic hydroxyl groups is 1. The van der Waals surface area contributed by atoms with E-state index in [2.05, 4.69) is 17.0 Å². The molecule has 0 saturated carbocycles. The summed E-state index contributed by atoms with van der Waals surface area (Å²) in [6.45, 7) is 3.57. The molecule has 0 aliphatic rings. The van der Waals surface area contributed by atoms with E-state index in [4.69, 9.17) is 17.3 Å². The van der Waals surface area contributed by atoms with E-state index in [-0.39, 0.29) is 23.8 Å². The van der Waals surface area contributed by atoms with Crippen molar-refractivity contribution in [1.82, 2.24) is 9.78 Å². The zero-order chi connectivity index (χ0) is 13.7. The van der Waals surface area contributed by atoms with E-state index in [1.807, 2.05) is 0 Å². The molecule has 8 heteroatoms. The number of nitrogens with two attached hydrogens (primary N) is 1. The van der Waals surface area contributed by atoms with Crippen molar-refractivity contribution in [2.24, 2.45) is 5.73 Å². The molecular weight excluding hydrogens is 260 g/mol. The molecule has 1 rings (SSSR count). The lowest BCUT2D eigenvalue weighted by Crippen LogP contribution is -2.34. The summed E-state index contributed by atoms with van der Waals surface area (Å²) in [5.74, 6) is -0.869. The molecule has 0 spiro atoms. The van der Waals surface area contributed by atoms with Crippen LogP contribution in [0.2, 0.25) is 5.02 Å². The van der Waals surface area contributed by atoms with Crippen LogP contribution in [-0.4, -0.2) is 33.4 Å². The Morgan fingerprint density at radius 2 is 2.44 bits per heavy atom. The summed E-state index contributed by atoms with van der Waals surface area (Å²) >= 11 is 5.83. The zero-order valence-electron chi connectivity index (χ0n) is 9.47. The van der Waals surface area contributed by atoms with E-state index < -0.39 is 17.6 Å². The Balaban J connectivity index is 2.86. The van der Waals surface area contributed by atoms with E-state index >= 15 is 0 Å². The summed E-state index contributed by atoms with van der Waals surface area (Å²) in [7, 11) is 0. The number of carbonyl (C=O) groups is 1. The molecule has 18 heavy (non-hydrogen) atoms. The Kier molecular flexibility index (Phi) is 4.87. The molecule has 1 heterocycles. The van der Waals surface area contributed by atoms with Gasteiger partial charge in [-0.1, -0.05) is 17.7 Å². The van der Waals surface area contributed by atoms with E-state index in [9.17, 15) is 14.7 Å². The predicted molar refractivity (Wildman–Crippen MR) is 67.4 cm³/mol. The number of allylic oxidation sites excluding steroid dienone is 1. The third kappa shape index (κ3) is 3.31. The van der Waals surface area contributed by atoms with Crippen LogP contribution in [-0.2, 0) is 11.3 Å². The second-order valence-corrected chi connectivity index (χ2v) is 3.83. The van der Waals surface area contributed by atoms with Gasteiger partial charge in [0.15, 0.2) is 0 Å². The number of rotatable bonds is 6. The van der Waals surface area contributed by atoms with Gasteiger partial charge in [0.25, 0.3) is 5.56 Å². The highest BCUT2D eigenvalue weighted by Crippen LogP contribution is 2.14. The smallest absolute Gasteiger partial charge is 0.287 e. The fraction of sp³-hybridized carbons (Fsp3) is 0.300. The average molecular weight is 273 g/mol. The van der Waals surface area contributed by atoms with Crippen molar-refractivity contribution in [2.75, 3.05) is 11.9 Å². The van der Waals surface area contributed by atoms with Gasteiger partial charge >= 0.3 is 0 Å². The third-order valence-electron chi connectivity index (χ3n) is 2.10. The van der Waals surface area contributed by atoms with Crippen LogP contribution in [0.3, 0.4) is 0 Å². The number of hydrogen-bond donors (Lipinski definition) is 3. The van der Waals surface area contributed by atoms with Crippen LogP contribution in [0.25, 0.3) is 0 Å². The molecule has 0 fully saturated rings. The summed E-state index contributed by atoms with van der Waals surface area (Å²) in [5, 5.41) is 15.6. The highest BCUT2D eigenvalue weighted by atomic mass is 35.5. The molecule has 0 radical (unpaired) electrons. The first kappa shape index (κ1) is 14.2. The highest BCUT2D eigenvalue weighted by Gasteiger charge is 2.13. The number of halogens is 1. The van der Waals surface area contributed by atoms with Crippen LogP contribution >= 0.6 is 11.6 Å². The number of nitrogens with one attached hydrogen (secondary N) is 1. The molecule has 1 aromatic rings.